The van der Waals surface area contributed by atoms with Gasteiger partial charge in [0.1, 0.15) is 5.75 Å². The molecule has 10 heteroatoms. The third-order valence-electron chi connectivity index (χ3n) is 5.11. The lowest BCUT2D eigenvalue weighted by atomic mass is 10.0. The fourth-order valence-electron chi connectivity index (χ4n) is 3.39. The number of carbonyl (C=O) groups excluding carboxylic acids is 1. The minimum atomic E-state index is -3.66. The molecule has 3 aromatic rings. The molecule has 0 aliphatic carbocycles. The summed E-state index contributed by atoms with van der Waals surface area (Å²) in [6, 6.07) is 18.1. The van der Waals surface area contributed by atoms with Gasteiger partial charge in [-0.1, -0.05) is 30.3 Å². The summed E-state index contributed by atoms with van der Waals surface area (Å²) in [5.74, 6) is -0.183. The molecule has 0 saturated carbocycles. The molecular weight excluding hydrogens is 448 g/mol. The summed E-state index contributed by atoms with van der Waals surface area (Å²) < 4.78 is 37.6. The lowest BCUT2D eigenvalue weighted by molar-refractivity contribution is -0.385. The Balaban J connectivity index is 1.56. The number of nitro benzene ring substituents is 1. The highest BCUT2D eigenvalue weighted by molar-refractivity contribution is 7.89. The predicted molar refractivity (Wildman–Crippen MR) is 119 cm³/mol. The van der Waals surface area contributed by atoms with Gasteiger partial charge in [0.15, 0.2) is 5.78 Å². The molecule has 1 saturated heterocycles. The molecule has 0 amide bonds. The van der Waals surface area contributed by atoms with E-state index in [0.717, 1.165) is 0 Å². The highest BCUT2D eigenvalue weighted by atomic mass is 32.2. The zero-order valence-electron chi connectivity index (χ0n) is 17.4. The normalized spacial score (nSPS) is 14.5. The van der Waals surface area contributed by atoms with Gasteiger partial charge in [-0.3, -0.25) is 14.9 Å². The fourth-order valence-corrected chi connectivity index (χ4v) is 4.79. The largest absolute Gasteiger partial charge is 0.450 e. The molecule has 0 aromatic heterocycles. The van der Waals surface area contributed by atoms with E-state index in [1.165, 1.54) is 46.8 Å². The van der Waals surface area contributed by atoms with Gasteiger partial charge in [0.05, 0.1) is 23.0 Å². The van der Waals surface area contributed by atoms with Gasteiger partial charge in [-0.15, -0.1) is 0 Å². The van der Waals surface area contributed by atoms with E-state index in [1.807, 2.05) is 0 Å². The monoisotopic (exact) mass is 468 g/mol. The van der Waals surface area contributed by atoms with Crippen molar-refractivity contribution in [3.05, 3.63) is 94.0 Å². The molecule has 0 radical (unpaired) electrons. The molecule has 170 valence electrons. The van der Waals surface area contributed by atoms with Gasteiger partial charge in [-0.05, 0) is 36.4 Å². The summed E-state index contributed by atoms with van der Waals surface area (Å²) in [7, 11) is -3.66. The van der Waals surface area contributed by atoms with Crippen LogP contribution in [0.3, 0.4) is 0 Å². The van der Waals surface area contributed by atoms with Crippen LogP contribution in [-0.4, -0.2) is 49.7 Å². The average Bonchev–Trinajstić information content (AvgIpc) is 2.85. The molecule has 3 aromatic carbocycles. The summed E-state index contributed by atoms with van der Waals surface area (Å²) in [6.07, 6.45) is 0. The van der Waals surface area contributed by atoms with Crippen molar-refractivity contribution in [2.24, 2.45) is 0 Å². The Labute approximate surface area is 190 Å². The van der Waals surface area contributed by atoms with Gasteiger partial charge in [0.25, 0.3) is 0 Å². The quantitative estimate of drug-likeness (QED) is 0.295. The van der Waals surface area contributed by atoms with E-state index in [2.05, 4.69) is 0 Å². The van der Waals surface area contributed by atoms with Crippen LogP contribution in [0.2, 0.25) is 0 Å². The first-order chi connectivity index (χ1) is 15.9. The van der Waals surface area contributed by atoms with Crippen molar-refractivity contribution in [1.82, 2.24) is 4.31 Å². The average molecular weight is 468 g/mol. The Kier molecular flexibility index (Phi) is 6.50. The first-order valence-corrected chi connectivity index (χ1v) is 11.5. The van der Waals surface area contributed by atoms with Gasteiger partial charge in [-0.25, -0.2) is 8.42 Å². The second kappa shape index (κ2) is 9.49. The highest BCUT2D eigenvalue weighted by Crippen LogP contribution is 2.33. The second-order valence-electron chi connectivity index (χ2n) is 7.22. The Bertz CT molecular complexity index is 1270. The van der Waals surface area contributed by atoms with Crippen LogP contribution in [0.5, 0.6) is 11.5 Å². The minimum Gasteiger partial charge on any atom is -0.450 e. The SMILES string of the molecule is O=C(c1ccccc1)c1ccc(Oc2ccc(S(=O)(=O)N3CCOCC3)cc2)c([N+](=O)[O-])c1. The Morgan fingerprint density at radius 1 is 0.939 bits per heavy atom. The number of ketones is 1. The van der Waals surface area contributed by atoms with Gasteiger partial charge in [0, 0.05) is 30.3 Å². The van der Waals surface area contributed by atoms with Crippen molar-refractivity contribution in [3.8, 4) is 11.5 Å². The molecule has 9 nitrogen and oxygen atoms in total. The number of ether oxygens (including phenoxy) is 2. The topological polar surface area (TPSA) is 116 Å². The lowest BCUT2D eigenvalue weighted by Gasteiger charge is -2.26. The van der Waals surface area contributed by atoms with Crippen LogP contribution in [0.15, 0.2) is 77.7 Å². The van der Waals surface area contributed by atoms with Gasteiger partial charge >= 0.3 is 5.69 Å². The smallest absolute Gasteiger partial charge is 0.312 e. The van der Waals surface area contributed by atoms with E-state index in [-0.39, 0.29) is 46.5 Å². The first kappa shape index (κ1) is 22.6. The van der Waals surface area contributed by atoms with Crippen molar-refractivity contribution in [2.75, 3.05) is 26.3 Å². The molecule has 0 spiro atoms. The zero-order chi connectivity index (χ0) is 23.4. The van der Waals surface area contributed by atoms with E-state index in [0.29, 0.717) is 18.8 Å². The molecule has 0 N–H and O–H groups in total. The third kappa shape index (κ3) is 4.92. The maximum absolute atomic E-state index is 12.7. The van der Waals surface area contributed by atoms with Crippen LogP contribution in [0.1, 0.15) is 15.9 Å². The number of benzene rings is 3. The van der Waals surface area contributed by atoms with E-state index >= 15 is 0 Å². The van der Waals surface area contributed by atoms with Crippen LogP contribution < -0.4 is 4.74 Å². The van der Waals surface area contributed by atoms with Crippen molar-refractivity contribution in [3.63, 3.8) is 0 Å². The molecule has 1 fully saturated rings. The van der Waals surface area contributed by atoms with Crippen molar-refractivity contribution >= 4 is 21.5 Å². The number of hydrogen-bond acceptors (Lipinski definition) is 7. The number of sulfonamides is 1. The van der Waals surface area contributed by atoms with Crippen LogP contribution >= 0.6 is 0 Å². The van der Waals surface area contributed by atoms with Gasteiger partial charge in [0.2, 0.25) is 15.8 Å². The maximum Gasteiger partial charge on any atom is 0.312 e. The number of carbonyl (C=O) groups is 1. The zero-order valence-corrected chi connectivity index (χ0v) is 18.2. The number of nitro groups is 1. The number of rotatable bonds is 7. The van der Waals surface area contributed by atoms with Crippen LogP contribution in [0.25, 0.3) is 0 Å². The van der Waals surface area contributed by atoms with E-state index in [4.69, 9.17) is 9.47 Å². The van der Waals surface area contributed by atoms with E-state index in [1.54, 1.807) is 30.3 Å². The Hall–Kier alpha value is -3.60. The minimum absolute atomic E-state index is 0.0617. The number of nitrogens with zero attached hydrogens (tertiary/aromatic N) is 2. The second-order valence-corrected chi connectivity index (χ2v) is 9.16. The van der Waals surface area contributed by atoms with Crippen molar-refractivity contribution in [2.45, 2.75) is 4.90 Å². The lowest BCUT2D eigenvalue weighted by Crippen LogP contribution is -2.40. The molecular formula is C23H20N2O7S. The predicted octanol–water partition coefficient (Wildman–Crippen LogP) is 3.64. The van der Waals surface area contributed by atoms with Crippen molar-refractivity contribution in [1.29, 1.82) is 0 Å². The molecule has 1 aliphatic rings. The molecule has 33 heavy (non-hydrogen) atoms. The van der Waals surface area contributed by atoms with Gasteiger partial charge < -0.3 is 9.47 Å². The van der Waals surface area contributed by atoms with Gasteiger partial charge in [-0.2, -0.15) is 4.31 Å². The Morgan fingerprint density at radius 3 is 2.24 bits per heavy atom. The Morgan fingerprint density at radius 2 is 1.61 bits per heavy atom. The van der Waals surface area contributed by atoms with Crippen molar-refractivity contribution < 1.29 is 27.6 Å². The molecule has 1 heterocycles. The highest BCUT2D eigenvalue weighted by Gasteiger charge is 2.26. The van der Waals surface area contributed by atoms with Crippen LogP contribution in [-0.2, 0) is 14.8 Å². The first-order valence-electron chi connectivity index (χ1n) is 10.1. The molecule has 0 unspecified atom stereocenters. The third-order valence-corrected chi connectivity index (χ3v) is 7.03. The molecule has 0 atom stereocenters. The van der Waals surface area contributed by atoms with Crippen LogP contribution in [0, 0.1) is 10.1 Å². The summed E-state index contributed by atoms with van der Waals surface area (Å²) in [5.41, 5.74) is 0.200. The maximum atomic E-state index is 12.7. The van der Waals surface area contributed by atoms with Crippen LogP contribution in [0.4, 0.5) is 5.69 Å². The molecule has 1 aliphatic heterocycles. The molecule has 0 bridgehead atoms. The number of hydrogen-bond donors (Lipinski definition) is 0. The summed E-state index contributed by atoms with van der Waals surface area (Å²) >= 11 is 0. The van der Waals surface area contributed by atoms with E-state index < -0.39 is 14.9 Å². The fraction of sp³-hybridized carbons (Fsp3) is 0.174. The van der Waals surface area contributed by atoms with E-state index in [9.17, 15) is 23.3 Å². The molecule has 4 rings (SSSR count). The summed E-state index contributed by atoms with van der Waals surface area (Å²) in [4.78, 5) is 23.7. The standard InChI is InChI=1S/C23H20N2O7S/c26-23(17-4-2-1-3-5-17)18-6-11-22(21(16-18)25(27)28)32-19-7-9-20(10-8-19)33(29,30)24-12-14-31-15-13-24/h1-11,16H,12-15H2. The summed E-state index contributed by atoms with van der Waals surface area (Å²) in [6.45, 7) is 1.24. The number of morpholine rings is 1. The summed E-state index contributed by atoms with van der Waals surface area (Å²) in [5, 5.41) is 11.6.